The number of ether oxygens (including phenoxy) is 2. The number of nitriles is 1. The molecule has 3 aliphatic heterocycles. The van der Waals surface area contributed by atoms with Crippen LogP contribution in [0, 0.1) is 34.8 Å². The van der Waals surface area contributed by atoms with Crippen molar-refractivity contribution in [2.24, 2.45) is 11.8 Å². The molecule has 1 saturated carbocycles. The standard InChI is InChI=1S/C30H39F2N5O5/c1-41-28(39)36-10-2-9-35(13-14-36)27(38)23-5-3-21(4-6-23)18-37-20-30(42-29(37)40)7-11-34(12-8-30)19-24-25(31)15-22(17-33)16-26(24)32/h15-16,21,23H,2-14,18-20H2,1H3. The highest BCUT2D eigenvalue weighted by Crippen LogP contribution is 2.37. The summed E-state index contributed by atoms with van der Waals surface area (Å²) in [6, 6.07) is 3.87. The van der Waals surface area contributed by atoms with Crippen LogP contribution in [-0.2, 0) is 20.8 Å². The van der Waals surface area contributed by atoms with Gasteiger partial charge in [0.05, 0.1) is 25.3 Å². The Morgan fingerprint density at radius 3 is 2.31 bits per heavy atom. The Morgan fingerprint density at radius 1 is 1.02 bits per heavy atom. The highest BCUT2D eigenvalue weighted by molar-refractivity contribution is 5.79. The number of hydrogen-bond acceptors (Lipinski definition) is 7. The highest BCUT2D eigenvalue weighted by atomic mass is 19.1. The lowest BCUT2D eigenvalue weighted by Crippen LogP contribution is -2.47. The van der Waals surface area contributed by atoms with Crippen LogP contribution in [-0.4, -0.2) is 103 Å². The summed E-state index contributed by atoms with van der Waals surface area (Å²) >= 11 is 0. The van der Waals surface area contributed by atoms with Crippen molar-refractivity contribution in [1.82, 2.24) is 19.6 Å². The zero-order valence-electron chi connectivity index (χ0n) is 24.2. The summed E-state index contributed by atoms with van der Waals surface area (Å²) in [4.78, 5) is 45.1. The van der Waals surface area contributed by atoms with Gasteiger partial charge in [0.25, 0.3) is 0 Å². The van der Waals surface area contributed by atoms with Crippen molar-refractivity contribution in [3.8, 4) is 6.07 Å². The molecule has 0 unspecified atom stereocenters. The number of hydrogen-bond donors (Lipinski definition) is 0. The van der Waals surface area contributed by atoms with Gasteiger partial charge in [-0.25, -0.2) is 18.4 Å². The van der Waals surface area contributed by atoms with E-state index < -0.39 is 17.2 Å². The molecule has 0 N–H and O–H groups in total. The first-order valence-corrected chi connectivity index (χ1v) is 14.9. The molecule has 3 saturated heterocycles. The second-order valence-electron chi connectivity index (χ2n) is 12.1. The van der Waals surface area contributed by atoms with Crippen molar-refractivity contribution >= 4 is 18.1 Å². The second-order valence-corrected chi connectivity index (χ2v) is 12.1. The third kappa shape index (κ3) is 6.61. The van der Waals surface area contributed by atoms with Crippen molar-refractivity contribution in [1.29, 1.82) is 5.26 Å². The van der Waals surface area contributed by atoms with E-state index in [9.17, 15) is 23.2 Å². The number of benzene rings is 1. The van der Waals surface area contributed by atoms with Crippen LogP contribution in [0.3, 0.4) is 0 Å². The average Bonchev–Trinajstić information content (AvgIpc) is 3.14. The number of rotatable bonds is 5. The van der Waals surface area contributed by atoms with Gasteiger partial charge in [-0.05, 0) is 50.2 Å². The predicted octanol–water partition coefficient (Wildman–Crippen LogP) is 3.73. The first kappa shape index (κ1) is 30.0. The molecule has 5 rings (SSSR count). The minimum Gasteiger partial charge on any atom is -0.453 e. The van der Waals surface area contributed by atoms with Gasteiger partial charge in [0.2, 0.25) is 5.91 Å². The molecule has 0 radical (unpaired) electrons. The molecule has 3 amide bonds. The Morgan fingerprint density at radius 2 is 1.67 bits per heavy atom. The number of likely N-dealkylation sites (tertiary alicyclic amines) is 1. The Balaban J connectivity index is 1.07. The molecule has 10 nitrogen and oxygen atoms in total. The molecule has 3 heterocycles. The van der Waals surface area contributed by atoms with Gasteiger partial charge < -0.3 is 24.2 Å². The Bertz CT molecular complexity index is 1200. The Labute approximate surface area is 245 Å². The quantitative estimate of drug-likeness (QED) is 0.517. The largest absolute Gasteiger partial charge is 0.453 e. The lowest BCUT2D eigenvalue weighted by atomic mass is 9.81. The van der Waals surface area contributed by atoms with Gasteiger partial charge in [0.1, 0.15) is 17.2 Å². The Hall–Kier alpha value is -3.46. The molecule has 1 aromatic rings. The van der Waals surface area contributed by atoms with Crippen molar-refractivity contribution in [3.63, 3.8) is 0 Å². The SMILES string of the molecule is COC(=O)N1CCCN(C(=O)C2CCC(CN3CC4(CCN(Cc5c(F)cc(C#N)cc5F)CC4)OC3=O)CC2)CC1. The fraction of sp³-hybridized carbons (Fsp3) is 0.667. The van der Waals surface area contributed by atoms with E-state index in [1.165, 1.54) is 7.11 Å². The fourth-order valence-electron chi connectivity index (χ4n) is 6.87. The lowest BCUT2D eigenvalue weighted by Gasteiger charge is -2.37. The number of carbonyl (C=O) groups is 3. The van der Waals surface area contributed by atoms with Crippen LogP contribution in [0.25, 0.3) is 0 Å². The monoisotopic (exact) mass is 587 g/mol. The maximum absolute atomic E-state index is 14.4. The Kier molecular flexibility index (Phi) is 9.16. The summed E-state index contributed by atoms with van der Waals surface area (Å²) in [6.45, 7) is 4.51. The van der Waals surface area contributed by atoms with Crippen LogP contribution in [0.2, 0.25) is 0 Å². The zero-order valence-corrected chi connectivity index (χ0v) is 24.2. The summed E-state index contributed by atoms with van der Waals surface area (Å²) in [5.74, 6) is -1.01. The van der Waals surface area contributed by atoms with Crippen molar-refractivity contribution < 1.29 is 32.6 Å². The summed E-state index contributed by atoms with van der Waals surface area (Å²) in [6.07, 6.45) is 4.53. The van der Waals surface area contributed by atoms with E-state index in [0.29, 0.717) is 71.1 Å². The number of carbonyl (C=O) groups excluding carboxylic acids is 3. The molecule has 1 aromatic carbocycles. The molecule has 0 aromatic heterocycles. The minimum absolute atomic E-state index is 0.0297. The van der Waals surface area contributed by atoms with Crippen molar-refractivity contribution in [2.75, 3.05) is 59.5 Å². The number of methoxy groups -OCH3 is 1. The van der Waals surface area contributed by atoms with Crippen LogP contribution in [0.5, 0.6) is 0 Å². The van der Waals surface area contributed by atoms with Gasteiger partial charge in [0.15, 0.2) is 0 Å². The van der Waals surface area contributed by atoms with Crippen LogP contribution in [0.4, 0.5) is 18.4 Å². The molecular weight excluding hydrogens is 548 g/mol. The molecule has 42 heavy (non-hydrogen) atoms. The van der Waals surface area contributed by atoms with E-state index >= 15 is 0 Å². The predicted molar refractivity (Wildman–Crippen MR) is 147 cm³/mol. The minimum atomic E-state index is -0.724. The number of nitrogens with zero attached hydrogens (tertiary/aromatic N) is 5. The van der Waals surface area contributed by atoms with E-state index in [2.05, 4.69) is 0 Å². The molecule has 12 heteroatoms. The van der Waals surface area contributed by atoms with Crippen molar-refractivity contribution in [2.45, 2.75) is 57.1 Å². The highest BCUT2D eigenvalue weighted by Gasteiger charge is 2.47. The van der Waals surface area contributed by atoms with Crippen LogP contribution in [0.15, 0.2) is 12.1 Å². The summed E-state index contributed by atoms with van der Waals surface area (Å²) < 4.78 is 39.4. The number of piperidine rings is 1. The van der Waals surface area contributed by atoms with Gasteiger partial charge in [-0.15, -0.1) is 0 Å². The van der Waals surface area contributed by atoms with Gasteiger partial charge in [-0.3, -0.25) is 9.69 Å². The van der Waals surface area contributed by atoms with E-state index in [4.69, 9.17) is 14.7 Å². The van der Waals surface area contributed by atoms with Crippen LogP contribution < -0.4 is 0 Å². The molecule has 4 aliphatic rings. The molecule has 1 aliphatic carbocycles. The van der Waals surface area contributed by atoms with Crippen LogP contribution in [0.1, 0.15) is 56.1 Å². The van der Waals surface area contributed by atoms with E-state index in [1.54, 1.807) is 15.9 Å². The molecule has 0 atom stereocenters. The summed E-state index contributed by atoms with van der Waals surface area (Å²) in [7, 11) is 1.37. The molecule has 228 valence electrons. The van der Waals surface area contributed by atoms with E-state index in [0.717, 1.165) is 44.2 Å². The maximum Gasteiger partial charge on any atom is 0.410 e. The topological polar surface area (TPSA) is 106 Å². The summed E-state index contributed by atoms with van der Waals surface area (Å²) in [5, 5.41) is 8.91. The van der Waals surface area contributed by atoms with Gasteiger partial charge in [-0.1, -0.05) is 0 Å². The second kappa shape index (κ2) is 12.8. The average molecular weight is 588 g/mol. The van der Waals surface area contributed by atoms with E-state index in [1.807, 2.05) is 9.80 Å². The zero-order chi connectivity index (χ0) is 29.9. The molecule has 1 spiro atoms. The molecular formula is C30H39F2N5O5. The number of halogens is 2. The first-order chi connectivity index (χ1) is 20.2. The van der Waals surface area contributed by atoms with Crippen molar-refractivity contribution in [3.05, 3.63) is 34.9 Å². The summed E-state index contributed by atoms with van der Waals surface area (Å²) in [5.41, 5.74) is -0.689. The third-order valence-electron chi connectivity index (χ3n) is 9.38. The smallest absolute Gasteiger partial charge is 0.410 e. The van der Waals surface area contributed by atoms with Crippen LogP contribution >= 0.6 is 0 Å². The van der Waals surface area contributed by atoms with E-state index in [-0.39, 0.29) is 41.7 Å². The normalized spacial score (nSPS) is 24.7. The third-order valence-corrected chi connectivity index (χ3v) is 9.38. The van der Waals surface area contributed by atoms with Gasteiger partial charge in [-0.2, -0.15) is 5.26 Å². The van der Waals surface area contributed by atoms with Gasteiger partial charge in [0, 0.05) is 76.7 Å². The fourth-order valence-corrected chi connectivity index (χ4v) is 6.87. The molecule has 4 fully saturated rings. The lowest BCUT2D eigenvalue weighted by molar-refractivity contribution is -0.136. The maximum atomic E-state index is 14.4. The number of amides is 3. The van der Waals surface area contributed by atoms with Gasteiger partial charge >= 0.3 is 12.2 Å². The first-order valence-electron chi connectivity index (χ1n) is 14.9. The molecule has 0 bridgehead atoms.